The van der Waals surface area contributed by atoms with Gasteiger partial charge in [-0.25, -0.2) is 4.68 Å². The minimum Gasteiger partial charge on any atom is -0.436 e. The summed E-state index contributed by atoms with van der Waals surface area (Å²) < 4.78 is 7.45. The molecule has 0 radical (unpaired) electrons. The second kappa shape index (κ2) is 8.73. The van der Waals surface area contributed by atoms with Crippen LogP contribution in [0.15, 0.2) is 24.5 Å². The number of nitrogens with zero attached hydrogens (tertiary/aromatic N) is 3. The highest BCUT2D eigenvalue weighted by Crippen LogP contribution is 2.31. The summed E-state index contributed by atoms with van der Waals surface area (Å²) in [6.07, 6.45) is 4.41. The number of thioether (sulfide) groups is 1. The molecule has 0 aliphatic rings. The lowest BCUT2D eigenvalue weighted by atomic mass is 10.2. The fraction of sp³-hybridized carbons (Fsp3) is 0.471. The first-order chi connectivity index (χ1) is 11.5. The maximum atomic E-state index is 12.2. The molecule has 6 nitrogen and oxygen atoms in total. The van der Waals surface area contributed by atoms with E-state index in [9.17, 15) is 4.79 Å². The average Bonchev–Trinajstić information content (AvgIpc) is 2.79. The minimum atomic E-state index is -0.0455. The standard InChI is InChI=1S/C17H24N4O2S/c1-12(2)7-9-24-11-15(22)19-16-13(3)20-21(4)17(16)23-14-6-5-8-18-10-14/h5-6,8,10,12H,7,9,11H2,1-4H3,(H,19,22). The Morgan fingerprint density at radius 3 is 2.92 bits per heavy atom. The quantitative estimate of drug-likeness (QED) is 0.738. The van der Waals surface area contributed by atoms with E-state index in [1.165, 1.54) is 0 Å². The Morgan fingerprint density at radius 1 is 1.46 bits per heavy atom. The van der Waals surface area contributed by atoms with Crippen molar-refractivity contribution in [2.24, 2.45) is 13.0 Å². The highest BCUT2D eigenvalue weighted by Gasteiger charge is 2.18. The van der Waals surface area contributed by atoms with Crippen molar-refractivity contribution in [1.29, 1.82) is 0 Å². The molecule has 2 aromatic heterocycles. The molecular formula is C17H24N4O2S. The summed E-state index contributed by atoms with van der Waals surface area (Å²) in [5, 5.41) is 7.25. The molecule has 0 saturated heterocycles. The maximum Gasteiger partial charge on any atom is 0.241 e. The molecule has 0 spiro atoms. The molecule has 0 unspecified atom stereocenters. The highest BCUT2D eigenvalue weighted by atomic mass is 32.2. The van der Waals surface area contributed by atoms with Crippen LogP contribution in [0.5, 0.6) is 11.6 Å². The number of rotatable bonds is 8. The van der Waals surface area contributed by atoms with E-state index in [-0.39, 0.29) is 5.91 Å². The lowest BCUT2D eigenvalue weighted by Gasteiger charge is -2.10. The molecule has 130 valence electrons. The van der Waals surface area contributed by atoms with Crippen molar-refractivity contribution < 1.29 is 9.53 Å². The van der Waals surface area contributed by atoms with Gasteiger partial charge in [0.05, 0.1) is 17.6 Å². The Kier molecular flexibility index (Phi) is 6.66. The molecule has 2 rings (SSSR count). The molecule has 7 heteroatoms. The third-order valence-electron chi connectivity index (χ3n) is 3.36. The monoisotopic (exact) mass is 348 g/mol. The predicted molar refractivity (Wildman–Crippen MR) is 97.7 cm³/mol. The topological polar surface area (TPSA) is 69.0 Å². The summed E-state index contributed by atoms with van der Waals surface area (Å²) in [6.45, 7) is 6.21. The number of ether oxygens (including phenoxy) is 1. The van der Waals surface area contributed by atoms with Crippen molar-refractivity contribution in [2.75, 3.05) is 16.8 Å². The van der Waals surface area contributed by atoms with E-state index in [2.05, 4.69) is 29.2 Å². The smallest absolute Gasteiger partial charge is 0.241 e. The molecule has 0 aliphatic heterocycles. The first-order valence-electron chi connectivity index (χ1n) is 7.96. The van der Waals surface area contributed by atoms with Crippen LogP contribution in [0, 0.1) is 12.8 Å². The maximum absolute atomic E-state index is 12.2. The van der Waals surface area contributed by atoms with Gasteiger partial charge in [0.15, 0.2) is 0 Å². The van der Waals surface area contributed by atoms with Gasteiger partial charge in [0.1, 0.15) is 11.4 Å². The third kappa shape index (κ3) is 5.26. The van der Waals surface area contributed by atoms with Gasteiger partial charge in [0.2, 0.25) is 11.8 Å². The van der Waals surface area contributed by atoms with Crippen molar-refractivity contribution in [3.8, 4) is 11.6 Å². The van der Waals surface area contributed by atoms with Gasteiger partial charge in [-0.2, -0.15) is 16.9 Å². The Labute approximate surface area is 147 Å². The van der Waals surface area contributed by atoms with Crippen LogP contribution in [0.2, 0.25) is 0 Å². The van der Waals surface area contributed by atoms with Crippen LogP contribution in [0.25, 0.3) is 0 Å². The number of hydrogen-bond acceptors (Lipinski definition) is 5. The lowest BCUT2D eigenvalue weighted by Crippen LogP contribution is -2.15. The molecule has 1 N–H and O–H groups in total. The largest absolute Gasteiger partial charge is 0.436 e. The Bertz CT molecular complexity index is 671. The zero-order valence-corrected chi connectivity index (χ0v) is 15.4. The molecule has 0 fully saturated rings. The molecule has 1 amide bonds. The Balaban J connectivity index is 2.00. The van der Waals surface area contributed by atoms with Gasteiger partial charge < -0.3 is 10.1 Å². The summed E-state index contributed by atoms with van der Waals surface area (Å²) in [4.78, 5) is 16.2. The summed E-state index contributed by atoms with van der Waals surface area (Å²) in [6, 6.07) is 3.60. The number of pyridine rings is 1. The zero-order chi connectivity index (χ0) is 17.5. The minimum absolute atomic E-state index is 0.0455. The van der Waals surface area contributed by atoms with Crippen LogP contribution < -0.4 is 10.1 Å². The summed E-state index contributed by atoms with van der Waals surface area (Å²) in [5.74, 6) is 3.11. The molecule has 0 atom stereocenters. The number of nitrogens with one attached hydrogen (secondary N) is 1. The van der Waals surface area contributed by atoms with Crippen LogP contribution >= 0.6 is 11.8 Å². The highest BCUT2D eigenvalue weighted by molar-refractivity contribution is 7.99. The van der Waals surface area contributed by atoms with Crippen LogP contribution in [-0.4, -0.2) is 32.2 Å². The zero-order valence-electron chi connectivity index (χ0n) is 14.6. The summed E-state index contributed by atoms with van der Waals surface area (Å²) in [7, 11) is 1.78. The van der Waals surface area contributed by atoms with Crippen LogP contribution in [0.3, 0.4) is 0 Å². The molecule has 2 aromatic rings. The van der Waals surface area contributed by atoms with Gasteiger partial charge in [0, 0.05) is 13.2 Å². The van der Waals surface area contributed by atoms with E-state index >= 15 is 0 Å². The van der Waals surface area contributed by atoms with E-state index in [0.717, 1.165) is 17.9 Å². The SMILES string of the molecule is Cc1nn(C)c(Oc2cccnc2)c1NC(=O)CSCCC(C)C. The van der Waals surface area contributed by atoms with E-state index in [1.807, 2.05) is 13.0 Å². The molecule has 0 bridgehead atoms. The second-order valence-corrected chi connectivity index (χ2v) is 7.07. The number of anilines is 1. The van der Waals surface area contributed by atoms with Crippen molar-refractivity contribution in [1.82, 2.24) is 14.8 Å². The molecule has 0 saturated carbocycles. The van der Waals surface area contributed by atoms with Crippen molar-refractivity contribution in [3.05, 3.63) is 30.2 Å². The number of amides is 1. The van der Waals surface area contributed by atoms with Crippen molar-refractivity contribution in [2.45, 2.75) is 27.2 Å². The first-order valence-corrected chi connectivity index (χ1v) is 9.12. The van der Waals surface area contributed by atoms with Crippen molar-refractivity contribution >= 4 is 23.4 Å². The van der Waals surface area contributed by atoms with Gasteiger partial charge in [-0.3, -0.25) is 9.78 Å². The second-order valence-electron chi connectivity index (χ2n) is 5.96. The van der Waals surface area contributed by atoms with Crippen molar-refractivity contribution in [3.63, 3.8) is 0 Å². The van der Waals surface area contributed by atoms with Crippen LogP contribution in [-0.2, 0) is 11.8 Å². The average molecular weight is 348 g/mol. The van der Waals surface area contributed by atoms with Gasteiger partial charge >= 0.3 is 0 Å². The number of aromatic nitrogens is 3. The Hall–Kier alpha value is -2.02. The van der Waals surface area contributed by atoms with Gasteiger partial charge in [0.25, 0.3) is 0 Å². The first kappa shape index (κ1) is 18.3. The van der Waals surface area contributed by atoms with E-state index in [0.29, 0.717) is 29.0 Å². The number of carbonyl (C=O) groups excluding carboxylic acids is 1. The number of hydrogen-bond donors (Lipinski definition) is 1. The number of aryl methyl sites for hydroxylation is 2. The normalized spacial score (nSPS) is 10.9. The molecule has 0 aromatic carbocycles. The molecular weight excluding hydrogens is 324 g/mol. The van der Waals surface area contributed by atoms with Crippen LogP contribution in [0.1, 0.15) is 26.0 Å². The summed E-state index contributed by atoms with van der Waals surface area (Å²) >= 11 is 1.64. The lowest BCUT2D eigenvalue weighted by molar-refractivity contribution is -0.113. The number of carbonyl (C=O) groups is 1. The van der Waals surface area contributed by atoms with Gasteiger partial charge in [-0.05, 0) is 37.1 Å². The third-order valence-corrected chi connectivity index (χ3v) is 4.35. The van der Waals surface area contributed by atoms with E-state index < -0.39 is 0 Å². The fourth-order valence-electron chi connectivity index (χ4n) is 2.08. The molecule has 24 heavy (non-hydrogen) atoms. The van der Waals surface area contributed by atoms with E-state index in [1.54, 1.807) is 42.0 Å². The summed E-state index contributed by atoms with van der Waals surface area (Å²) in [5.41, 5.74) is 1.33. The van der Waals surface area contributed by atoms with Crippen LogP contribution in [0.4, 0.5) is 5.69 Å². The van der Waals surface area contributed by atoms with E-state index in [4.69, 9.17) is 4.74 Å². The fourth-order valence-corrected chi connectivity index (χ4v) is 3.12. The Morgan fingerprint density at radius 2 is 2.25 bits per heavy atom. The predicted octanol–water partition coefficient (Wildman–Crippen LogP) is 3.63. The molecule has 0 aliphatic carbocycles. The molecule has 2 heterocycles. The van der Waals surface area contributed by atoms with Gasteiger partial charge in [-0.1, -0.05) is 13.8 Å². The van der Waals surface area contributed by atoms with Gasteiger partial charge in [-0.15, -0.1) is 0 Å².